The second-order valence-electron chi connectivity index (χ2n) is 2.97. The molecular weight excluding hydrogens is 189 g/mol. The van der Waals surface area contributed by atoms with Gasteiger partial charge in [-0.3, -0.25) is 0 Å². The van der Waals surface area contributed by atoms with Gasteiger partial charge in [0, 0.05) is 16.6 Å². The van der Waals surface area contributed by atoms with Crippen molar-refractivity contribution in [1.82, 2.24) is 4.98 Å². The first-order valence-electron chi connectivity index (χ1n) is 4.18. The second kappa shape index (κ2) is 3.04. The molecule has 1 nitrogen and oxygen atoms in total. The van der Waals surface area contributed by atoms with Crippen LogP contribution in [0.3, 0.4) is 0 Å². The summed E-state index contributed by atoms with van der Waals surface area (Å²) in [6.45, 7) is 2.04. The van der Waals surface area contributed by atoms with Crippen molar-refractivity contribution >= 4 is 22.5 Å². The molecule has 0 spiro atoms. The Labute approximate surface area is 80.5 Å². The molecule has 0 saturated heterocycles. The third-order valence-corrected chi connectivity index (χ3v) is 2.51. The molecule has 2 aromatic rings. The fraction of sp³-hybridized carbons (Fsp3) is 0.200. The molecule has 1 aromatic carbocycles. The number of halogens is 2. The van der Waals surface area contributed by atoms with Gasteiger partial charge in [-0.1, -0.05) is 18.5 Å². The Bertz CT molecular complexity index is 447. The van der Waals surface area contributed by atoms with E-state index in [4.69, 9.17) is 11.6 Å². The number of fused-ring (bicyclic) bond motifs is 1. The minimum absolute atomic E-state index is 0.202. The lowest BCUT2D eigenvalue weighted by Gasteiger charge is -1.94. The number of H-pyrrole nitrogens is 1. The zero-order valence-corrected chi connectivity index (χ0v) is 7.95. The minimum Gasteiger partial charge on any atom is -0.358 e. The van der Waals surface area contributed by atoms with Gasteiger partial charge in [0.15, 0.2) is 0 Å². The summed E-state index contributed by atoms with van der Waals surface area (Å²) in [5.41, 5.74) is 1.96. The minimum atomic E-state index is -0.365. The van der Waals surface area contributed by atoms with Crippen molar-refractivity contribution in [2.45, 2.75) is 13.3 Å². The number of aryl methyl sites for hydroxylation is 1. The maximum atomic E-state index is 13.0. The smallest absolute Gasteiger partial charge is 0.142 e. The summed E-state index contributed by atoms with van der Waals surface area (Å²) >= 11 is 5.80. The maximum absolute atomic E-state index is 13.0. The lowest BCUT2D eigenvalue weighted by molar-refractivity contribution is 0.630. The maximum Gasteiger partial charge on any atom is 0.142 e. The molecule has 0 aliphatic heterocycles. The van der Waals surface area contributed by atoms with Gasteiger partial charge >= 0.3 is 0 Å². The predicted octanol–water partition coefficient (Wildman–Crippen LogP) is 3.52. The van der Waals surface area contributed by atoms with Crippen LogP contribution in [0.4, 0.5) is 4.39 Å². The van der Waals surface area contributed by atoms with Crippen LogP contribution in [0, 0.1) is 5.82 Å². The van der Waals surface area contributed by atoms with Gasteiger partial charge in [-0.15, -0.1) is 0 Å². The van der Waals surface area contributed by atoms with Crippen LogP contribution in [0.15, 0.2) is 18.2 Å². The normalized spacial score (nSPS) is 11.0. The molecule has 0 saturated carbocycles. The second-order valence-corrected chi connectivity index (χ2v) is 3.35. The highest BCUT2D eigenvalue weighted by Crippen LogP contribution is 2.26. The highest BCUT2D eigenvalue weighted by Gasteiger charge is 2.07. The molecule has 1 heterocycles. The Kier molecular flexibility index (Phi) is 2.00. The fourth-order valence-corrected chi connectivity index (χ4v) is 1.61. The van der Waals surface area contributed by atoms with E-state index < -0.39 is 0 Å². The average molecular weight is 198 g/mol. The molecular formula is C10H9ClFN. The highest BCUT2D eigenvalue weighted by atomic mass is 35.5. The number of benzene rings is 1. The lowest BCUT2D eigenvalue weighted by atomic mass is 10.2. The molecule has 13 heavy (non-hydrogen) atoms. The van der Waals surface area contributed by atoms with Gasteiger partial charge in [0.1, 0.15) is 5.82 Å². The zero-order valence-electron chi connectivity index (χ0n) is 7.20. The van der Waals surface area contributed by atoms with Gasteiger partial charge in [0.2, 0.25) is 0 Å². The molecule has 0 radical (unpaired) electrons. The van der Waals surface area contributed by atoms with Crippen LogP contribution in [0.1, 0.15) is 12.6 Å². The van der Waals surface area contributed by atoms with Crippen molar-refractivity contribution in [2.24, 2.45) is 0 Å². The Hall–Kier alpha value is -1.02. The molecule has 1 N–H and O–H groups in total. The fourth-order valence-electron chi connectivity index (χ4n) is 1.39. The number of nitrogens with one attached hydrogen (secondary N) is 1. The van der Waals surface area contributed by atoms with Crippen molar-refractivity contribution in [3.05, 3.63) is 34.7 Å². The molecule has 0 atom stereocenters. The van der Waals surface area contributed by atoms with E-state index in [1.165, 1.54) is 6.07 Å². The first-order chi connectivity index (χ1) is 6.22. The Morgan fingerprint density at radius 3 is 2.92 bits per heavy atom. The molecule has 0 aliphatic rings. The SMILES string of the molecule is CCc1cc2c(Cl)c(F)ccc2[nH]1. The van der Waals surface area contributed by atoms with Crippen molar-refractivity contribution in [3.8, 4) is 0 Å². The van der Waals surface area contributed by atoms with E-state index in [0.717, 1.165) is 23.0 Å². The molecule has 0 fully saturated rings. The van der Waals surface area contributed by atoms with Crippen LogP contribution < -0.4 is 0 Å². The highest BCUT2D eigenvalue weighted by molar-refractivity contribution is 6.35. The van der Waals surface area contributed by atoms with Gasteiger partial charge in [-0.05, 0) is 24.6 Å². The summed E-state index contributed by atoms with van der Waals surface area (Å²) in [4.78, 5) is 3.16. The van der Waals surface area contributed by atoms with Gasteiger partial charge in [-0.25, -0.2) is 4.39 Å². The number of hydrogen-bond donors (Lipinski definition) is 1. The summed E-state index contributed by atoms with van der Waals surface area (Å²) < 4.78 is 13.0. The summed E-state index contributed by atoms with van der Waals surface area (Å²) in [7, 11) is 0. The Morgan fingerprint density at radius 1 is 1.46 bits per heavy atom. The summed E-state index contributed by atoms with van der Waals surface area (Å²) in [6, 6.07) is 4.97. The largest absolute Gasteiger partial charge is 0.358 e. The van der Waals surface area contributed by atoms with Gasteiger partial charge in [0.25, 0.3) is 0 Å². The molecule has 0 aliphatic carbocycles. The molecule has 0 bridgehead atoms. The number of aromatic nitrogens is 1. The molecule has 0 amide bonds. The number of hydrogen-bond acceptors (Lipinski definition) is 0. The van der Waals surface area contributed by atoms with E-state index >= 15 is 0 Å². The van der Waals surface area contributed by atoms with E-state index in [1.807, 2.05) is 13.0 Å². The van der Waals surface area contributed by atoms with E-state index in [2.05, 4.69) is 4.98 Å². The van der Waals surface area contributed by atoms with E-state index in [9.17, 15) is 4.39 Å². The standard InChI is InChI=1S/C10H9ClFN/c1-2-6-5-7-9(13-6)4-3-8(12)10(7)11/h3-5,13H,2H2,1H3. The molecule has 68 valence electrons. The monoisotopic (exact) mass is 197 g/mol. The lowest BCUT2D eigenvalue weighted by Crippen LogP contribution is -1.76. The van der Waals surface area contributed by atoms with Gasteiger partial charge in [0.05, 0.1) is 5.02 Å². The van der Waals surface area contributed by atoms with Gasteiger partial charge in [-0.2, -0.15) is 0 Å². The molecule has 2 rings (SSSR count). The Morgan fingerprint density at radius 2 is 2.23 bits per heavy atom. The van der Waals surface area contributed by atoms with Crippen LogP contribution in [0.25, 0.3) is 10.9 Å². The van der Waals surface area contributed by atoms with Crippen molar-refractivity contribution < 1.29 is 4.39 Å². The quantitative estimate of drug-likeness (QED) is 0.720. The van der Waals surface area contributed by atoms with Crippen LogP contribution in [-0.4, -0.2) is 4.98 Å². The molecule has 1 aromatic heterocycles. The zero-order chi connectivity index (χ0) is 9.42. The topological polar surface area (TPSA) is 15.8 Å². The van der Waals surface area contributed by atoms with Crippen LogP contribution in [0.2, 0.25) is 5.02 Å². The van der Waals surface area contributed by atoms with E-state index in [0.29, 0.717) is 0 Å². The van der Waals surface area contributed by atoms with Crippen LogP contribution in [0.5, 0.6) is 0 Å². The van der Waals surface area contributed by atoms with Crippen molar-refractivity contribution in [3.63, 3.8) is 0 Å². The first kappa shape index (κ1) is 8.57. The average Bonchev–Trinajstić information content (AvgIpc) is 2.55. The van der Waals surface area contributed by atoms with E-state index in [-0.39, 0.29) is 10.8 Å². The van der Waals surface area contributed by atoms with Crippen LogP contribution >= 0.6 is 11.6 Å². The van der Waals surface area contributed by atoms with Crippen molar-refractivity contribution in [1.29, 1.82) is 0 Å². The first-order valence-corrected chi connectivity index (χ1v) is 4.55. The van der Waals surface area contributed by atoms with E-state index in [1.54, 1.807) is 6.07 Å². The Balaban J connectivity index is 2.76. The third kappa shape index (κ3) is 1.31. The molecule has 0 unspecified atom stereocenters. The third-order valence-electron chi connectivity index (χ3n) is 2.13. The summed E-state index contributed by atoms with van der Waals surface area (Å²) in [6.07, 6.45) is 0.895. The number of rotatable bonds is 1. The van der Waals surface area contributed by atoms with Gasteiger partial charge < -0.3 is 4.98 Å². The predicted molar refractivity (Wildman–Crippen MR) is 52.6 cm³/mol. The summed E-state index contributed by atoms with van der Waals surface area (Å²) in [5, 5.41) is 0.965. The number of aromatic amines is 1. The van der Waals surface area contributed by atoms with Crippen LogP contribution in [-0.2, 0) is 6.42 Å². The summed E-state index contributed by atoms with van der Waals surface area (Å²) in [5.74, 6) is -0.365. The van der Waals surface area contributed by atoms with Crippen molar-refractivity contribution in [2.75, 3.05) is 0 Å². The molecule has 3 heteroatoms.